The molecule has 0 aliphatic carbocycles. The summed E-state index contributed by atoms with van der Waals surface area (Å²) in [6.07, 6.45) is 0. The van der Waals surface area contributed by atoms with Crippen LogP contribution in [0.25, 0.3) is 0 Å². The van der Waals surface area contributed by atoms with Crippen LogP contribution in [0.1, 0.15) is 6.92 Å². The van der Waals surface area contributed by atoms with Crippen LogP contribution in [0.5, 0.6) is 0 Å². The predicted molar refractivity (Wildman–Crippen MR) is 36.2 cm³/mol. The van der Waals surface area contributed by atoms with Crippen molar-refractivity contribution >= 4 is 24.0 Å². The molecule has 0 fully saturated rings. The quantitative estimate of drug-likeness (QED) is 0.571. The summed E-state index contributed by atoms with van der Waals surface area (Å²) < 4.78 is 0. The van der Waals surface area contributed by atoms with Crippen LogP contribution in [-0.4, -0.2) is 11.4 Å². The highest BCUT2D eigenvalue weighted by Gasteiger charge is 2.05. The predicted octanol–water partition coefficient (Wildman–Crippen LogP) is 0.886. The fraction of sp³-hybridized carbons (Fsp3) is 0.750. The van der Waals surface area contributed by atoms with Crippen molar-refractivity contribution in [2.24, 2.45) is 5.73 Å². The van der Waals surface area contributed by atoms with Crippen LogP contribution in [-0.2, 0) is 0 Å². The zero-order chi connectivity index (χ0) is 5.86. The van der Waals surface area contributed by atoms with Gasteiger partial charge in [0.15, 0.2) is 0 Å². The standard InChI is InChI=1S/C4H7ClN2.ClH/c1-3(5)4(7)2-6;/h3-4H,7H2,1H3;1H. The number of hydrogen-bond acceptors (Lipinski definition) is 2. The van der Waals surface area contributed by atoms with Gasteiger partial charge in [0.2, 0.25) is 0 Å². The fourth-order valence-corrected chi connectivity index (χ4v) is 0.159. The summed E-state index contributed by atoms with van der Waals surface area (Å²) in [7, 11) is 0. The van der Waals surface area contributed by atoms with Gasteiger partial charge < -0.3 is 5.73 Å². The van der Waals surface area contributed by atoms with Crippen LogP contribution in [0, 0.1) is 11.3 Å². The molecule has 0 amide bonds. The highest BCUT2D eigenvalue weighted by Crippen LogP contribution is 1.95. The van der Waals surface area contributed by atoms with Gasteiger partial charge in [-0.05, 0) is 6.92 Å². The topological polar surface area (TPSA) is 49.8 Å². The van der Waals surface area contributed by atoms with Crippen LogP contribution in [0.3, 0.4) is 0 Å². The van der Waals surface area contributed by atoms with E-state index in [0.717, 1.165) is 0 Å². The van der Waals surface area contributed by atoms with E-state index in [9.17, 15) is 0 Å². The molecular weight excluding hydrogens is 147 g/mol. The summed E-state index contributed by atoms with van der Waals surface area (Å²) in [4.78, 5) is 0. The molecule has 0 aromatic rings. The normalized spacial score (nSPS) is 15.2. The smallest absolute Gasteiger partial charge is 0.109 e. The van der Waals surface area contributed by atoms with E-state index in [1.54, 1.807) is 6.92 Å². The zero-order valence-corrected chi connectivity index (χ0v) is 6.04. The van der Waals surface area contributed by atoms with Crippen molar-refractivity contribution in [2.45, 2.75) is 18.3 Å². The minimum absolute atomic E-state index is 0. The van der Waals surface area contributed by atoms with Crippen LogP contribution >= 0.6 is 24.0 Å². The van der Waals surface area contributed by atoms with Gasteiger partial charge in [0.05, 0.1) is 11.4 Å². The molecule has 0 radical (unpaired) electrons. The van der Waals surface area contributed by atoms with Crippen molar-refractivity contribution < 1.29 is 0 Å². The Morgan fingerprint density at radius 3 is 2.12 bits per heavy atom. The summed E-state index contributed by atoms with van der Waals surface area (Å²) in [6.45, 7) is 1.69. The molecule has 2 atom stereocenters. The van der Waals surface area contributed by atoms with Crippen molar-refractivity contribution in [2.75, 3.05) is 0 Å². The molecule has 0 aliphatic rings. The first kappa shape index (κ1) is 10.9. The minimum atomic E-state index is -0.526. The van der Waals surface area contributed by atoms with Crippen LogP contribution in [0.4, 0.5) is 0 Å². The van der Waals surface area contributed by atoms with Gasteiger partial charge in [0.25, 0.3) is 0 Å². The summed E-state index contributed by atoms with van der Waals surface area (Å²) >= 11 is 5.38. The van der Waals surface area contributed by atoms with Gasteiger partial charge in [-0.1, -0.05) is 0 Å². The van der Waals surface area contributed by atoms with Crippen molar-refractivity contribution in [1.29, 1.82) is 5.26 Å². The fourth-order valence-electron chi connectivity index (χ4n) is 0.103. The Morgan fingerprint density at radius 2 is 2.12 bits per heavy atom. The third-order valence-corrected chi connectivity index (χ3v) is 0.915. The molecule has 2 N–H and O–H groups in total. The van der Waals surface area contributed by atoms with Gasteiger partial charge in [-0.2, -0.15) is 5.26 Å². The molecule has 2 nitrogen and oxygen atoms in total. The van der Waals surface area contributed by atoms with E-state index in [-0.39, 0.29) is 17.8 Å². The molecule has 8 heavy (non-hydrogen) atoms. The molecule has 4 heteroatoms. The Labute approximate surface area is 60.0 Å². The summed E-state index contributed by atoms with van der Waals surface area (Å²) in [5.41, 5.74) is 5.12. The highest BCUT2D eigenvalue weighted by molar-refractivity contribution is 6.21. The molecule has 0 rings (SSSR count). The first-order valence-electron chi connectivity index (χ1n) is 1.97. The maximum atomic E-state index is 8.05. The minimum Gasteiger partial charge on any atom is -0.315 e. The number of rotatable bonds is 1. The third-order valence-electron chi connectivity index (χ3n) is 0.644. The maximum absolute atomic E-state index is 8.05. The van der Waals surface area contributed by atoms with Gasteiger partial charge >= 0.3 is 0 Å². The number of hydrogen-bond donors (Lipinski definition) is 1. The Hall–Kier alpha value is 0.0300. The molecular formula is C4H8Cl2N2. The van der Waals surface area contributed by atoms with Gasteiger partial charge in [-0.3, -0.25) is 0 Å². The van der Waals surface area contributed by atoms with Gasteiger partial charge in [-0.25, -0.2) is 0 Å². The molecule has 0 saturated carbocycles. The number of alkyl halides is 1. The van der Waals surface area contributed by atoms with Crippen molar-refractivity contribution in [3.8, 4) is 6.07 Å². The van der Waals surface area contributed by atoms with Crippen LogP contribution in [0.2, 0.25) is 0 Å². The lowest BCUT2D eigenvalue weighted by Crippen LogP contribution is -2.26. The lowest BCUT2D eigenvalue weighted by atomic mass is 10.3. The van der Waals surface area contributed by atoms with Gasteiger partial charge in [-0.15, -0.1) is 24.0 Å². The van der Waals surface area contributed by atoms with Gasteiger partial charge in [0.1, 0.15) is 6.04 Å². The van der Waals surface area contributed by atoms with E-state index in [1.165, 1.54) is 0 Å². The molecule has 2 unspecified atom stereocenters. The van der Waals surface area contributed by atoms with E-state index in [2.05, 4.69) is 0 Å². The van der Waals surface area contributed by atoms with Crippen LogP contribution < -0.4 is 5.73 Å². The molecule has 48 valence electrons. The maximum Gasteiger partial charge on any atom is 0.109 e. The largest absolute Gasteiger partial charge is 0.315 e. The first-order chi connectivity index (χ1) is 3.18. The average Bonchev–Trinajstić information content (AvgIpc) is 1.65. The van der Waals surface area contributed by atoms with Gasteiger partial charge in [0, 0.05) is 0 Å². The van der Waals surface area contributed by atoms with E-state index in [1.807, 2.05) is 6.07 Å². The first-order valence-corrected chi connectivity index (χ1v) is 2.41. The summed E-state index contributed by atoms with van der Waals surface area (Å²) in [5.74, 6) is 0. The highest BCUT2D eigenvalue weighted by atomic mass is 35.5. The Kier molecular flexibility index (Phi) is 7.06. The van der Waals surface area contributed by atoms with Crippen molar-refractivity contribution in [3.05, 3.63) is 0 Å². The Morgan fingerprint density at radius 1 is 1.75 bits per heavy atom. The third kappa shape index (κ3) is 4.20. The van der Waals surface area contributed by atoms with Crippen molar-refractivity contribution in [1.82, 2.24) is 0 Å². The second kappa shape index (κ2) is 5.17. The monoisotopic (exact) mass is 154 g/mol. The molecule has 0 aromatic heterocycles. The van der Waals surface area contributed by atoms with Crippen molar-refractivity contribution in [3.63, 3.8) is 0 Å². The molecule has 0 heterocycles. The Balaban J connectivity index is 0. The van der Waals surface area contributed by atoms with E-state index >= 15 is 0 Å². The SMILES string of the molecule is CC(Cl)C(N)C#N.Cl. The number of nitrogens with zero attached hydrogens (tertiary/aromatic N) is 1. The van der Waals surface area contributed by atoms with E-state index in [4.69, 9.17) is 22.6 Å². The second-order valence-corrected chi connectivity index (χ2v) is 2.02. The summed E-state index contributed by atoms with van der Waals surface area (Å²) in [6, 6.07) is 1.28. The summed E-state index contributed by atoms with van der Waals surface area (Å²) in [5, 5.41) is 7.80. The van der Waals surface area contributed by atoms with E-state index < -0.39 is 6.04 Å². The molecule has 0 spiro atoms. The second-order valence-electron chi connectivity index (χ2n) is 1.33. The molecule has 0 bridgehead atoms. The Bertz CT molecular complexity index is 86.5. The average molecular weight is 155 g/mol. The number of nitrogens with two attached hydrogens (primary N) is 1. The van der Waals surface area contributed by atoms with E-state index in [0.29, 0.717) is 0 Å². The number of nitriles is 1. The molecule has 0 saturated heterocycles. The molecule has 0 aliphatic heterocycles. The van der Waals surface area contributed by atoms with Crippen LogP contribution in [0.15, 0.2) is 0 Å². The molecule has 0 aromatic carbocycles. The lowest BCUT2D eigenvalue weighted by molar-refractivity contribution is 0.804. The zero-order valence-electron chi connectivity index (χ0n) is 4.47. The lowest BCUT2D eigenvalue weighted by Gasteiger charge is -2.00. The number of halogens is 2.